The van der Waals surface area contributed by atoms with Gasteiger partial charge < -0.3 is 30.1 Å². The molecule has 92 valence electrons. The fourth-order valence-electron chi connectivity index (χ4n) is 0.902. The van der Waals surface area contributed by atoms with Crippen molar-refractivity contribution in [1.29, 1.82) is 0 Å². The number of hydrogen-bond acceptors (Lipinski definition) is 6. The Bertz CT molecular complexity index is 136. The first kappa shape index (κ1) is 14.8. The van der Waals surface area contributed by atoms with Crippen LogP contribution in [0.3, 0.4) is 0 Å². The number of methoxy groups -OCH3 is 1. The van der Waals surface area contributed by atoms with Gasteiger partial charge in [-0.15, -0.1) is 0 Å². The predicted octanol–water partition coefficient (Wildman–Crippen LogP) is -2.05. The predicted molar refractivity (Wildman–Crippen MR) is 54.7 cm³/mol. The molecule has 0 aliphatic carbocycles. The highest BCUT2D eigenvalue weighted by molar-refractivity contribution is 4.62. The molecule has 0 spiro atoms. The number of rotatable bonds is 10. The average molecular weight is 223 g/mol. The quantitative estimate of drug-likeness (QED) is 0.319. The minimum atomic E-state index is -0.786. The monoisotopic (exact) mass is 223 g/mol. The Morgan fingerprint density at radius 3 is 2.40 bits per heavy atom. The summed E-state index contributed by atoms with van der Waals surface area (Å²) in [7, 11) is 1.58. The van der Waals surface area contributed by atoms with Gasteiger partial charge in [-0.25, -0.2) is 0 Å². The molecule has 0 bridgehead atoms. The lowest BCUT2D eigenvalue weighted by Gasteiger charge is -2.13. The summed E-state index contributed by atoms with van der Waals surface area (Å²) in [4.78, 5) is 0. The zero-order valence-electron chi connectivity index (χ0n) is 9.06. The van der Waals surface area contributed by atoms with E-state index in [1.54, 1.807) is 7.11 Å². The van der Waals surface area contributed by atoms with Gasteiger partial charge in [-0.3, -0.25) is 0 Å². The highest BCUT2D eigenvalue weighted by Crippen LogP contribution is 1.85. The molecule has 0 amide bonds. The van der Waals surface area contributed by atoms with Crippen LogP contribution in [0.5, 0.6) is 0 Å². The molecule has 6 heteroatoms. The lowest BCUT2D eigenvalue weighted by molar-refractivity contribution is 0.0120. The van der Waals surface area contributed by atoms with Crippen molar-refractivity contribution in [3.8, 4) is 0 Å². The number of aliphatic hydroxyl groups is 3. The van der Waals surface area contributed by atoms with Gasteiger partial charge in [0.05, 0.1) is 38.6 Å². The molecule has 0 aromatic carbocycles. The maximum absolute atomic E-state index is 9.36. The van der Waals surface area contributed by atoms with Crippen LogP contribution in [0, 0.1) is 0 Å². The van der Waals surface area contributed by atoms with E-state index in [4.69, 9.17) is 19.7 Å². The van der Waals surface area contributed by atoms with Crippen molar-refractivity contribution in [1.82, 2.24) is 5.32 Å². The second-order valence-electron chi connectivity index (χ2n) is 3.22. The second-order valence-corrected chi connectivity index (χ2v) is 3.22. The molecule has 6 nitrogen and oxygen atoms in total. The number of hydrogen-bond donors (Lipinski definition) is 4. The average Bonchev–Trinajstić information content (AvgIpc) is 2.24. The van der Waals surface area contributed by atoms with Crippen LogP contribution in [0.1, 0.15) is 0 Å². The highest BCUT2D eigenvalue weighted by atomic mass is 16.5. The van der Waals surface area contributed by atoms with Crippen LogP contribution in [0.25, 0.3) is 0 Å². The third kappa shape index (κ3) is 10.1. The smallest absolute Gasteiger partial charge is 0.0897 e. The van der Waals surface area contributed by atoms with Gasteiger partial charge in [0.2, 0.25) is 0 Å². The maximum atomic E-state index is 9.36. The SMILES string of the molecule is COCCOCC(O)CNCC(O)CO. The highest BCUT2D eigenvalue weighted by Gasteiger charge is 2.05. The van der Waals surface area contributed by atoms with E-state index in [9.17, 15) is 5.11 Å². The zero-order chi connectivity index (χ0) is 11.5. The number of aliphatic hydroxyl groups excluding tert-OH is 3. The molecule has 0 aromatic rings. The topological polar surface area (TPSA) is 91.2 Å². The molecule has 0 aromatic heterocycles. The summed E-state index contributed by atoms with van der Waals surface area (Å²) in [5.41, 5.74) is 0. The molecule has 0 aliphatic rings. The number of ether oxygens (including phenoxy) is 2. The van der Waals surface area contributed by atoms with Crippen LogP contribution < -0.4 is 5.32 Å². The van der Waals surface area contributed by atoms with E-state index in [0.29, 0.717) is 19.8 Å². The first-order valence-electron chi connectivity index (χ1n) is 4.95. The second kappa shape index (κ2) is 10.3. The van der Waals surface area contributed by atoms with Crippen LogP contribution in [0.4, 0.5) is 0 Å². The van der Waals surface area contributed by atoms with Crippen LogP contribution in [0.2, 0.25) is 0 Å². The van der Waals surface area contributed by atoms with E-state index in [2.05, 4.69) is 5.32 Å². The van der Waals surface area contributed by atoms with Crippen molar-refractivity contribution in [3.63, 3.8) is 0 Å². The Kier molecular flexibility index (Phi) is 10.1. The molecule has 0 aliphatic heterocycles. The summed E-state index contributed by atoms with van der Waals surface area (Å²) < 4.78 is 9.86. The molecule has 2 atom stereocenters. The fraction of sp³-hybridized carbons (Fsp3) is 1.00. The molecule has 0 saturated carbocycles. The first-order valence-corrected chi connectivity index (χ1v) is 4.95. The van der Waals surface area contributed by atoms with Gasteiger partial charge in [0.1, 0.15) is 0 Å². The minimum absolute atomic E-state index is 0.228. The van der Waals surface area contributed by atoms with Crippen molar-refractivity contribution < 1.29 is 24.8 Å². The van der Waals surface area contributed by atoms with Gasteiger partial charge in [-0.1, -0.05) is 0 Å². The van der Waals surface area contributed by atoms with Crippen LogP contribution in [0.15, 0.2) is 0 Å². The van der Waals surface area contributed by atoms with Crippen molar-refractivity contribution in [2.45, 2.75) is 12.2 Å². The lowest BCUT2D eigenvalue weighted by Crippen LogP contribution is -2.36. The van der Waals surface area contributed by atoms with E-state index < -0.39 is 12.2 Å². The van der Waals surface area contributed by atoms with Crippen LogP contribution >= 0.6 is 0 Å². The van der Waals surface area contributed by atoms with Gasteiger partial charge in [-0.05, 0) is 0 Å². The van der Waals surface area contributed by atoms with Gasteiger partial charge in [0.15, 0.2) is 0 Å². The van der Waals surface area contributed by atoms with Crippen LogP contribution in [-0.2, 0) is 9.47 Å². The Balaban J connectivity index is 3.21. The fourth-order valence-corrected chi connectivity index (χ4v) is 0.902. The Hall–Kier alpha value is -0.240. The standard InChI is InChI=1S/C9H21NO5/c1-14-2-3-15-7-9(13)5-10-4-8(12)6-11/h8-13H,2-7H2,1H3. The third-order valence-corrected chi connectivity index (χ3v) is 1.71. The number of nitrogens with one attached hydrogen (secondary N) is 1. The van der Waals surface area contributed by atoms with Gasteiger partial charge in [-0.2, -0.15) is 0 Å². The van der Waals surface area contributed by atoms with Crippen molar-refractivity contribution >= 4 is 0 Å². The lowest BCUT2D eigenvalue weighted by atomic mass is 10.3. The summed E-state index contributed by atoms with van der Waals surface area (Å²) >= 11 is 0. The molecule has 2 unspecified atom stereocenters. The van der Waals surface area contributed by atoms with E-state index >= 15 is 0 Å². The Labute approximate surface area is 89.8 Å². The van der Waals surface area contributed by atoms with Crippen LogP contribution in [-0.4, -0.2) is 74.2 Å². The molecule has 4 N–H and O–H groups in total. The van der Waals surface area contributed by atoms with Gasteiger partial charge in [0, 0.05) is 20.2 Å². The third-order valence-electron chi connectivity index (χ3n) is 1.71. The van der Waals surface area contributed by atoms with E-state index in [0.717, 1.165) is 0 Å². The molecule has 0 fully saturated rings. The summed E-state index contributed by atoms with van der Waals surface area (Å²) in [5, 5.41) is 29.7. The Morgan fingerprint density at radius 1 is 1.13 bits per heavy atom. The zero-order valence-corrected chi connectivity index (χ0v) is 9.06. The van der Waals surface area contributed by atoms with Gasteiger partial charge >= 0.3 is 0 Å². The largest absolute Gasteiger partial charge is 0.394 e. The van der Waals surface area contributed by atoms with E-state index in [1.807, 2.05) is 0 Å². The maximum Gasteiger partial charge on any atom is 0.0897 e. The normalized spacial score (nSPS) is 15.2. The summed E-state index contributed by atoms with van der Waals surface area (Å²) in [5.74, 6) is 0. The first-order chi connectivity index (χ1) is 7.20. The summed E-state index contributed by atoms with van der Waals surface area (Å²) in [6.07, 6.45) is -1.40. The van der Waals surface area contributed by atoms with Crippen molar-refractivity contribution in [2.24, 2.45) is 0 Å². The van der Waals surface area contributed by atoms with E-state index in [1.165, 1.54) is 0 Å². The molecular weight excluding hydrogens is 202 g/mol. The minimum Gasteiger partial charge on any atom is -0.394 e. The summed E-state index contributed by atoms with van der Waals surface area (Å²) in [6, 6.07) is 0. The van der Waals surface area contributed by atoms with Crippen molar-refractivity contribution in [3.05, 3.63) is 0 Å². The molecule has 0 saturated heterocycles. The molecule has 0 radical (unpaired) electrons. The molecule has 0 heterocycles. The summed E-state index contributed by atoms with van der Waals surface area (Å²) in [6.45, 7) is 1.48. The van der Waals surface area contributed by atoms with E-state index in [-0.39, 0.29) is 19.8 Å². The molecular formula is C9H21NO5. The van der Waals surface area contributed by atoms with Gasteiger partial charge in [0.25, 0.3) is 0 Å². The molecule has 15 heavy (non-hydrogen) atoms. The Morgan fingerprint density at radius 2 is 1.80 bits per heavy atom. The van der Waals surface area contributed by atoms with Crippen molar-refractivity contribution in [2.75, 3.05) is 46.6 Å². The molecule has 0 rings (SSSR count).